The summed E-state index contributed by atoms with van der Waals surface area (Å²) < 4.78 is 0. The molecule has 2 unspecified atom stereocenters. The lowest BCUT2D eigenvalue weighted by molar-refractivity contribution is 0.0938. The average Bonchev–Trinajstić information content (AvgIpc) is 2.57. The number of hydrogen-bond acceptors (Lipinski definition) is 3. The largest absolute Gasteiger partial charge is 0.508 e. The summed E-state index contributed by atoms with van der Waals surface area (Å²) in [5, 5.41) is 9.81. The Balaban J connectivity index is 1.53. The Bertz CT molecular complexity index is 738. The fourth-order valence-corrected chi connectivity index (χ4v) is 4.47. The van der Waals surface area contributed by atoms with Crippen molar-refractivity contribution in [3.8, 4) is 5.75 Å². The second-order valence-corrected chi connectivity index (χ2v) is 7.95. The van der Waals surface area contributed by atoms with Crippen LogP contribution in [0.1, 0.15) is 29.5 Å². The summed E-state index contributed by atoms with van der Waals surface area (Å²) in [6.45, 7) is 2.22. The summed E-state index contributed by atoms with van der Waals surface area (Å²) in [5.74, 6) is 1.12. The quantitative estimate of drug-likeness (QED) is 0.922. The molecule has 3 aliphatic rings. The molecule has 1 N–H and O–H groups in total. The number of phenols is 1. The molecule has 2 aromatic rings. The molecular formula is C22H28N2O. The van der Waals surface area contributed by atoms with Gasteiger partial charge in [-0.25, -0.2) is 0 Å². The smallest absolute Gasteiger partial charge is 0.115 e. The van der Waals surface area contributed by atoms with E-state index in [-0.39, 0.29) is 0 Å². The molecule has 5 rings (SSSR count). The first-order valence-electron chi connectivity index (χ1n) is 9.39. The number of aromatic hydroxyl groups is 1. The zero-order valence-corrected chi connectivity index (χ0v) is 15.3. The first-order chi connectivity index (χ1) is 12.1. The van der Waals surface area contributed by atoms with E-state index in [0.29, 0.717) is 17.7 Å². The van der Waals surface area contributed by atoms with Crippen molar-refractivity contribution in [1.82, 2.24) is 4.90 Å². The summed E-state index contributed by atoms with van der Waals surface area (Å²) in [7, 11) is 4.17. The predicted octanol–water partition coefficient (Wildman–Crippen LogP) is 3.84. The Morgan fingerprint density at radius 1 is 1.00 bits per heavy atom. The molecule has 2 aromatic carbocycles. The molecule has 1 saturated heterocycles. The molecule has 3 nitrogen and oxygen atoms in total. The molecule has 2 bridgehead atoms. The Morgan fingerprint density at radius 2 is 1.80 bits per heavy atom. The third kappa shape index (κ3) is 3.52. The molecule has 2 atom stereocenters. The number of anilines is 1. The Morgan fingerprint density at radius 3 is 2.56 bits per heavy atom. The maximum Gasteiger partial charge on any atom is 0.115 e. The minimum Gasteiger partial charge on any atom is -0.508 e. The fraction of sp³-hybridized carbons (Fsp3) is 0.455. The van der Waals surface area contributed by atoms with Crippen LogP contribution in [0.15, 0.2) is 42.5 Å². The molecule has 0 saturated carbocycles. The van der Waals surface area contributed by atoms with Crippen LogP contribution in [0.3, 0.4) is 0 Å². The predicted molar refractivity (Wildman–Crippen MR) is 103 cm³/mol. The Kier molecular flexibility index (Phi) is 4.43. The van der Waals surface area contributed by atoms with Crippen LogP contribution in [0.2, 0.25) is 0 Å². The van der Waals surface area contributed by atoms with Gasteiger partial charge in [0.1, 0.15) is 5.75 Å². The lowest BCUT2D eigenvalue weighted by atomic mass is 9.80. The Labute approximate surface area is 150 Å². The van der Waals surface area contributed by atoms with Crippen molar-refractivity contribution in [1.29, 1.82) is 0 Å². The molecule has 1 fully saturated rings. The van der Waals surface area contributed by atoms with Crippen LogP contribution in [-0.2, 0) is 19.4 Å². The van der Waals surface area contributed by atoms with Gasteiger partial charge in [0.2, 0.25) is 0 Å². The van der Waals surface area contributed by atoms with Gasteiger partial charge in [0.15, 0.2) is 0 Å². The van der Waals surface area contributed by atoms with Gasteiger partial charge in [-0.05, 0) is 72.6 Å². The summed E-state index contributed by atoms with van der Waals surface area (Å²) in [6.07, 6.45) is 4.82. The third-order valence-corrected chi connectivity index (χ3v) is 5.91. The van der Waals surface area contributed by atoms with Crippen molar-refractivity contribution >= 4 is 5.69 Å². The van der Waals surface area contributed by atoms with Gasteiger partial charge in [0.05, 0.1) is 0 Å². The standard InChI is InChI=1S/C22H28N2O/c1-23(2)20-7-3-16(4-8-20)14-24-15-17-5-9-21(24)12-18-6-10-22(25)13-19(18)11-17/h3-4,6-8,10,13,17,21,25H,5,9,11-12,14-15H2,1-2H3. The van der Waals surface area contributed by atoms with Gasteiger partial charge in [-0.1, -0.05) is 18.2 Å². The normalized spacial score (nSPS) is 23.0. The van der Waals surface area contributed by atoms with E-state index >= 15 is 0 Å². The number of nitrogens with zero attached hydrogens (tertiary/aromatic N) is 2. The van der Waals surface area contributed by atoms with Crippen molar-refractivity contribution in [3.05, 3.63) is 59.2 Å². The van der Waals surface area contributed by atoms with Gasteiger partial charge < -0.3 is 10.0 Å². The van der Waals surface area contributed by atoms with Gasteiger partial charge in [0.25, 0.3) is 0 Å². The van der Waals surface area contributed by atoms with E-state index in [1.807, 2.05) is 12.1 Å². The zero-order valence-electron chi connectivity index (χ0n) is 15.3. The molecule has 3 heteroatoms. The second-order valence-electron chi connectivity index (χ2n) is 7.95. The van der Waals surface area contributed by atoms with Crippen molar-refractivity contribution in [2.75, 3.05) is 25.5 Å². The maximum atomic E-state index is 9.81. The van der Waals surface area contributed by atoms with Crippen LogP contribution in [0.5, 0.6) is 5.75 Å². The van der Waals surface area contributed by atoms with Crippen molar-refractivity contribution in [2.24, 2.45) is 5.92 Å². The lowest BCUT2D eigenvalue weighted by Gasteiger charge is -2.42. The third-order valence-electron chi connectivity index (χ3n) is 5.91. The highest BCUT2D eigenvalue weighted by molar-refractivity contribution is 5.46. The van der Waals surface area contributed by atoms with Crippen LogP contribution >= 0.6 is 0 Å². The minimum absolute atomic E-state index is 0.410. The molecule has 132 valence electrons. The van der Waals surface area contributed by atoms with E-state index in [9.17, 15) is 5.11 Å². The highest BCUT2D eigenvalue weighted by Gasteiger charge is 2.31. The van der Waals surface area contributed by atoms with Crippen LogP contribution in [-0.4, -0.2) is 36.7 Å². The van der Waals surface area contributed by atoms with Gasteiger partial charge in [-0.15, -0.1) is 0 Å². The van der Waals surface area contributed by atoms with Crippen LogP contribution < -0.4 is 4.90 Å². The van der Waals surface area contributed by atoms with Crippen LogP contribution in [0.25, 0.3) is 0 Å². The molecule has 0 amide bonds. The summed E-state index contributed by atoms with van der Waals surface area (Å²) in [5.41, 5.74) is 5.46. The molecular weight excluding hydrogens is 308 g/mol. The molecule has 0 radical (unpaired) electrons. The molecule has 0 aromatic heterocycles. The Hall–Kier alpha value is -2.00. The van der Waals surface area contributed by atoms with Crippen LogP contribution in [0, 0.1) is 5.92 Å². The van der Waals surface area contributed by atoms with E-state index in [2.05, 4.69) is 54.2 Å². The number of hydrogen-bond donors (Lipinski definition) is 1. The monoisotopic (exact) mass is 336 g/mol. The summed E-state index contributed by atoms with van der Waals surface area (Å²) >= 11 is 0. The lowest BCUT2D eigenvalue weighted by Crippen LogP contribution is -2.46. The molecule has 1 aliphatic carbocycles. The molecule has 2 aliphatic heterocycles. The topological polar surface area (TPSA) is 26.7 Å². The summed E-state index contributed by atoms with van der Waals surface area (Å²) in [4.78, 5) is 4.84. The van der Waals surface area contributed by atoms with Gasteiger partial charge in [-0.2, -0.15) is 0 Å². The molecule has 25 heavy (non-hydrogen) atoms. The average molecular weight is 336 g/mol. The number of rotatable bonds is 3. The second kappa shape index (κ2) is 6.72. The molecule has 0 spiro atoms. The van der Waals surface area contributed by atoms with E-state index in [4.69, 9.17) is 0 Å². The highest BCUT2D eigenvalue weighted by Crippen LogP contribution is 2.34. The maximum absolute atomic E-state index is 9.81. The fourth-order valence-electron chi connectivity index (χ4n) is 4.47. The van der Waals surface area contributed by atoms with E-state index in [1.165, 1.54) is 41.8 Å². The van der Waals surface area contributed by atoms with Crippen LogP contribution in [0.4, 0.5) is 5.69 Å². The first kappa shape index (κ1) is 16.5. The summed E-state index contributed by atoms with van der Waals surface area (Å²) in [6, 6.07) is 15.6. The first-order valence-corrected chi connectivity index (χ1v) is 9.39. The van der Waals surface area contributed by atoms with E-state index in [0.717, 1.165) is 19.4 Å². The SMILES string of the molecule is CN(C)c1ccc(CN2CC3CCC2Cc2ccc(O)cc2C3)cc1. The number of piperidine rings is 1. The van der Waals surface area contributed by atoms with Crippen molar-refractivity contribution < 1.29 is 5.11 Å². The van der Waals surface area contributed by atoms with Crippen molar-refractivity contribution in [3.63, 3.8) is 0 Å². The molecule has 2 heterocycles. The number of phenolic OH excluding ortho intramolecular Hbond substituents is 1. The number of benzene rings is 2. The highest BCUT2D eigenvalue weighted by atomic mass is 16.3. The van der Waals surface area contributed by atoms with E-state index in [1.54, 1.807) is 0 Å². The number of fused-ring (bicyclic) bond motifs is 2. The minimum atomic E-state index is 0.410. The van der Waals surface area contributed by atoms with Crippen molar-refractivity contribution in [2.45, 2.75) is 38.3 Å². The van der Waals surface area contributed by atoms with Gasteiger partial charge in [-0.3, -0.25) is 4.90 Å². The van der Waals surface area contributed by atoms with Gasteiger partial charge in [0, 0.05) is 38.9 Å². The zero-order chi connectivity index (χ0) is 17.4. The van der Waals surface area contributed by atoms with E-state index < -0.39 is 0 Å². The van der Waals surface area contributed by atoms with Gasteiger partial charge >= 0.3 is 0 Å².